The van der Waals surface area contributed by atoms with Gasteiger partial charge in [0, 0.05) is 30.6 Å². The Labute approximate surface area is 169 Å². The molecule has 0 atom stereocenters. The second-order valence-electron chi connectivity index (χ2n) is 4.91. The van der Waals surface area contributed by atoms with Crippen LogP contribution in [0, 0.1) is 0 Å². The first kappa shape index (κ1) is 19.4. The predicted octanol–water partition coefficient (Wildman–Crippen LogP) is 1.50. The molecule has 1 aliphatic rings. The number of nitrogens with one attached hydrogen (secondary N) is 2. The minimum absolute atomic E-state index is 0. The summed E-state index contributed by atoms with van der Waals surface area (Å²) in [5, 5.41) is 11.6. The summed E-state index contributed by atoms with van der Waals surface area (Å²) >= 11 is 10.1. The first-order valence-corrected chi connectivity index (χ1v) is 7.95. The van der Waals surface area contributed by atoms with Crippen molar-refractivity contribution in [2.45, 2.75) is 0 Å². The van der Waals surface area contributed by atoms with Crippen LogP contribution in [0.15, 0.2) is 56.6 Å². The number of hydrogen-bond acceptors (Lipinski definition) is 6. The molecule has 0 saturated heterocycles. The minimum Gasteiger partial charge on any atom is -0.741 e. The van der Waals surface area contributed by atoms with Crippen molar-refractivity contribution in [3.8, 4) is 0 Å². The molecular weight excluding hydrogens is 406 g/mol. The van der Waals surface area contributed by atoms with Crippen LogP contribution >= 0.6 is 0 Å². The maximum Gasteiger partial charge on any atom is 2.00 e. The molecule has 2 N–H and O–H groups in total. The Hall–Kier alpha value is -1.96. The van der Waals surface area contributed by atoms with Gasteiger partial charge in [-0.25, -0.2) is 0 Å². The fourth-order valence-corrected chi connectivity index (χ4v) is 2.62. The molecule has 6 nitrogen and oxygen atoms in total. The number of hydrogen-bond donors (Lipinski definition) is 2. The van der Waals surface area contributed by atoms with E-state index in [0.717, 1.165) is 21.9 Å². The fourth-order valence-electron chi connectivity index (χ4n) is 2.52. The van der Waals surface area contributed by atoms with Gasteiger partial charge in [-0.1, -0.05) is 36.4 Å². The van der Waals surface area contributed by atoms with E-state index in [0.29, 0.717) is 21.8 Å². The molecule has 0 saturated carbocycles. The van der Waals surface area contributed by atoms with Crippen LogP contribution < -0.4 is 10.9 Å². The predicted molar refractivity (Wildman–Crippen MR) is 105 cm³/mol. The third-order valence-electron chi connectivity index (χ3n) is 3.57. The largest absolute Gasteiger partial charge is 2.00 e. The number of benzene rings is 2. The second kappa shape index (κ2) is 8.42. The van der Waals surface area contributed by atoms with Crippen LogP contribution in [0.3, 0.4) is 0 Å². The molecule has 0 unspecified atom stereocenters. The van der Waals surface area contributed by atoms with Gasteiger partial charge < -0.3 is 25.3 Å². The van der Waals surface area contributed by atoms with Gasteiger partial charge in [-0.05, 0) is 15.7 Å². The molecule has 0 radical (unpaired) electrons. The van der Waals surface area contributed by atoms with Crippen molar-refractivity contribution in [2.75, 3.05) is 14.1 Å². The monoisotopic (exact) mass is 418 g/mol. The Morgan fingerprint density at radius 2 is 1.24 bits per heavy atom. The Bertz CT molecular complexity index is 849. The first-order chi connectivity index (χ1) is 11.7. The van der Waals surface area contributed by atoms with E-state index in [4.69, 9.17) is 25.3 Å². The number of hydrazone groups is 2. The van der Waals surface area contributed by atoms with Crippen LogP contribution in [-0.2, 0) is 44.7 Å². The first-order valence-electron chi connectivity index (χ1n) is 7.13. The molecule has 2 aromatic rings. The molecule has 2 aromatic carbocycles. The Kier molecular flexibility index (Phi) is 6.53. The quantitative estimate of drug-likeness (QED) is 0.254. The van der Waals surface area contributed by atoms with Crippen molar-refractivity contribution in [1.29, 1.82) is 0 Å². The Morgan fingerprint density at radius 1 is 0.800 bits per heavy atom. The van der Waals surface area contributed by atoms with Gasteiger partial charge in [0.2, 0.25) is 0 Å². The van der Waals surface area contributed by atoms with Crippen molar-refractivity contribution >= 4 is 57.8 Å². The van der Waals surface area contributed by atoms with Crippen LogP contribution in [-0.4, -0.2) is 35.9 Å². The van der Waals surface area contributed by atoms with E-state index >= 15 is 0 Å². The molecule has 0 fully saturated rings. The van der Waals surface area contributed by atoms with E-state index in [1.807, 2.05) is 24.3 Å². The van der Waals surface area contributed by atoms with Gasteiger partial charge in [0.1, 0.15) is 11.4 Å². The zero-order valence-corrected chi connectivity index (χ0v) is 18.4. The molecule has 0 bridgehead atoms. The summed E-state index contributed by atoms with van der Waals surface area (Å²) in [6, 6.07) is 12.1. The molecule has 0 aromatic heterocycles. The molecular formula is C16H14N6S2Zn. The SMILES string of the molecule is CN=C([S-])N/N=C1\C(=N\NC([S-])=NC)c2cccc3cccc1c23.[Zn+2]. The Morgan fingerprint density at radius 3 is 1.64 bits per heavy atom. The van der Waals surface area contributed by atoms with Gasteiger partial charge in [0.05, 0.1) is 0 Å². The molecule has 0 spiro atoms. The number of rotatable bonds is 2. The Balaban J connectivity index is 0.00000225. The van der Waals surface area contributed by atoms with Crippen molar-refractivity contribution in [3.63, 3.8) is 0 Å². The van der Waals surface area contributed by atoms with Crippen molar-refractivity contribution in [1.82, 2.24) is 10.9 Å². The number of nitrogens with zero attached hydrogens (tertiary/aromatic N) is 4. The van der Waals surface area contributed by atoms with E-state index in [1.54, 1.807) is 14.1 Å². The van der Waals surface area contributed by atoms with Gasteiger partial charge in [-0.15, -0.1) is 0 Å². The molecule has 1 aliphatic carbocycles. The van der Waals surface area contributed by atoms with E-state index in [2.05, 4.69) is 43.2 Å². The van der Waals surface area contributed by atoms with Crippen LogP contribution in [0.4, 0.5) is 0 Å². The molecule has 25 heavy (non-hydrogen) atoms. The maximum atomic E-state index is 5.04. The number of aliphatic imine (C=N–C) groups is 2. The summed E-state index contributed by atoms with van der Waals surface area (Å²) in [4.78, 5) is 7.76. The molecule has 0 amide bonds. The summed E-state index contributed by atoms with van der Waals surface area (Å²) in [7, 11) is 3.22. The average Bonchev–Trinajstić information content (AvgIpc) is 2.92. The fraction of sp³-hybridized carbons (Fsp3) is 0.125. The standard InChI is InChI=1S/C16H16N6S2.Zn/c1-17-15(23)21-19-13-10-7-3-5-9-6-4-8-11(12(9)10)14(13)20-22-16(24)18-2;/h3-8H,1-2H3,(H2,17,21,23)(H2,18,22,24);/q;+2/p-2/b19-13-,20-14+;. The third kappa shape index (κ3) is 3.84. The van der Waals surface area contributed by atoms with Crippen molar-refractivity contribution in [3.05, 3.63) is 47.5 Å². The average molecular weight is 420 g/mol. The molecule has 0 aliphatic heterocycles. The molecule has 122 valence electrons. The van der Waals surface area contributed by atoms with Gasteiger partial charge >= 0.3 is 19.5 Å². The summed E-state index contributed by atoms with van der Waals surface area (Å²) in [5.74, 6) is 0. The summed E-state index contributed by atoms with van der Waals surface area (Å²) < 4.78 is 0. The van der Waals surface area contributed by atoms with Gasteiger partial charge in [0.15, 0.2) is 0 Å². The number of amidine groups is 2. The van der Waals surface area contributed by atoms with Crippen LogP contribution in [0.25, 0.3) is 10.8 Å². The smallest absolute Gasteiger partial charge is 0.741 e. The van der Waals surface area contributed by atoms with E-state index < -0.39 is 0 Å². The van der Waals surface area contributed by atoms with Gasteiger partial charge in [-0.2, -0.15) is 10.2 Å². The summed E-state index contributed by atoms with van der Waals surface area (Å²) in [6.07, 6.45) is 0. The second-order valence-corrected chi connectivity index (χ2v) is 5.68. The van der Waals surface area contributed by atoms with Crippen LogP contribution in [0.2, 0.25) is 0 Å². The zero-order valence-electron chi connectivity index (χ0n) is 13.8. The summed E-state index contributed by atoms with van der Waals surface area (Å²) in [6.45, 7) is 0. The van der Waals surface area contributed by atoms with Crippen molar-refractivity contribution < 1.29 is 19.5 Å². The molecule has 0 heterocycles. The van der Waals surface area contributed by atoms with E-state index in [-0.39, 0.29) is 19.5 Å². The minimum atomic E-state index is 0. The normalized spacial score (nSPS) is 17.0. The zero-order chi connectivity index (χ0) is 17.1. The van der Waals surface area contributed by atoms with E-state index in [1.165, 1.54) is 0 Å². The molecule has 3 rings (SSSR count). The van der Waals surface area contributed by atoms with Gasteiger partial charge in [0.25, 0.3) is 0 Å². The van der Waals surface area contributed by atoms with Crippen molar-refractivity contribution in [2.24, 2.45) is 20.2 Å². The third-order valence-corrected chi connectivity index (χ3v) is 4.12. The molecule has 9 heteroatoms. The maximum absolute atomic E-state index is 5.04. The van der Waals surface area contributed by atoms with Gasteiger partial charge in [-0.3, -0.25) is 20.8 Å². The topological polar surface area (TPSA) is 73.5 Å². The van der Waals surface area contributed by atoms with E-state index in [9.17, 15) is 0 Å². The van der Waals surface area contributed by atoms with Crippen LogP contribution in [0.5, 0.6) is 0 Å². The summed E-state index contributed by atoms with van der Waals surface area (Å²) in [5.41, 5.74) is 8.86. The van der Waals surface area contributed by atoms with Crippen LogP contribution in [0.1, 0.15) is 11.1 Å².